The summed E-state index contributed by atoms with van der Waals surface area (Å²) >= 11 is 1.93. The predicted octanol–water partition coefficient (Wildman–Crippen LogP) is 9.37. The summed E-state index contributed by atoms with van der Waals surface area (Å²) in [5.74, 6) is 0.272. The van der Waals surface area contributed by atoms with Crippen LogP contribution in [-0.2, 0) is 28.6 Å². The van der Waals surface area contributed by atoms with Crippen molar-refractivity contribution in [3.63, 3.8) is 0 Å². The Morgan fingerprint density at radius 1 is 0.784 bits per heavy atom. The quantitative estimate of drug-likeness (QED) is 0.0245. The molecule has 8 heteroatoms. The van der Waals surface area contributed by atoms with E-state index < -0.39 is 20.0 Å². The monoisotopic (exact) mass is 565 g/mol. The van der Waals surface area contributed by atoms with Crippen molar-refractivity contribution in [2.75, 3.05) is 12.4 Å². The summed E-state index contributed by atoms with van der Waals surface area (Å²) in [6, 6.07) is 0. The van der Waals surface area contributed by atoms with E-state index in [1.165, 1.54) is 83.5 Å². The maximum atomic E-state index is 12.7. The topological polar surface area (TPSA) is 71.1 Å². The normalized spacial score (nSPS) is 15.1. The largest absolute Gasteiger partial charge is 0.497 e. The maximum absolute atomic E-state index is 12.7. The first kappa shape index (κ1) is 36.8. The average molecular weight is 566 g/mol. The smallest absolute Gasteiger partial charge is 0.455 e. The summed E-state index contributed by atoms with van der Waals surface area (Å²) in [7, 11) is -1.20. The number of ether oxygens (including phenoxy) is 2. The van der Waals surface area contributed by atoms with Gasteiger partial charge in [0.15, 0.2) is 0 Å². The molecule has 6 nitrogen and oxygen atoms in total. The van der Waals surface area contributed by atoms with E-state index in [-0.39, 0.29) is 24.1 Å². The molecule has 0 spiro atoms. The van der Waals surface area contributed by atoms with Crippen LogP contribution >= 0.6 is 20.2 Å². The highest BCUT2D eigenvalue weighted by Gasteiger charge is 2.55. The number of thioether (sulfide) groups is 1. The second-order valence-corrected chi connectivity index (χ2v) is 12.6. The number of hydrogen-bond acceptors (Lipinski definition) is 7. The fourth-order valence-corrected chi connectivity index (χ4v) is 5.71. The second-order valence-electron chi connectivity index (χ2n) is 10.3. The molecule has 37 heavy (non-hydrogen) atoms. The molecular weight excluding hydrogens is 507 g/mol. The molecule has 0 aliphatic heterocycles. The minimum Gasteiger partial charge on any atom is -0.455 e. The molecule has 0 aliphatic carbocycles. The van der Waals surface area contributed by atoms with Crippen LogP contribution in [0, 0.1) is 0 Å². The Labute approximate surface area is 234 Å². The van der Waals surface area contributed by atoms with Gasteiger partial charge in [0.05, 0.1) is 12.7 Å². The standard InChI is InChI=1S/C29H57O6PS/c1-7-10-12-14-15-16-17-19-21-24-37-27(22-20-18-13-11-8-2)26(6)34-35-29(36-31,32-23-9-3)28(30)33-25(4)5/h25-27H,7-24H2,1-6H3/p+1. The zero-order valence-electron chi connectivity index (χ0n) is 24.8. The van der Waals surface area contributed by atoms with Gasteiger partial charge in [-0.05, 0) is 45.8 Å². The third-order valence-corrected chi connectivity index (χ3v) is 8.54. The van der Waals surface area contributed by atoms with Crippen molar-refractivity contribution in [1.29, 1.82) is 0 Å². The molecule has 4 unspecified atom stereocenters. The van der Waals surface area contributed by atoms with Crippen LogP contribution in [0.4, 0.5) is 0 Å². The molecule has 0 amide bonds. The highest BCUT2D eigenvalue weighted by atomic mass is 32.2. The molecule has 0 heterocycles. The Balaban J connectivity index is 4.83. The van der Waals surface area contributed by atoms with Crippen molar-refractivity contribution in [1.82, 2.24) is 0 Å². The summed E-state index contributed by atoms with van der Waals surface area (Å²) in [5, 5.41) is 0.232. The van der Waals surface area contributed by atoms with E-state index in [0.29, 0.717) is 6.42 Å². The van der Waals surface area contributed by atoms with Crippen LogP contribution in [-0.4, -0.2) is 41.3 Å². The first-order valence-electron chi connectivity index (χ1n) is 15.1. The van der Waals surface area contributed by atoms with Crippen molar-refractivity contribution in [3.05, 3.63) is 0 Å². The van der Waals surface area contributed by atoms with Crippen molar-refractivity contribution < 1.29 is 28.6 Å². The third kappa shape index (κ3) is 18.7. The molecule has 0 aromatic carbocycles. The predicted molar refractivity (Wildman–Crippen MR) is 158 cm³/mol. The van der Waals surface area contributed by atoms with Gasteiger partial charge in [-0.25, -0.2) is 9.68 Å². The van der Waals surface area contributed by atoms with Gasteiger partial charge in [-0.15, -0.1) is 4.89 Å². The van der Waals surface area contributed by atoms with Gasteiger partial charge in [0.25, 0.3) is 0 Å². The van der Waals surface area contributed by atoms with E-state index in [2.05, 4.69) is 13.8 Å². The van der Waals surface area contributed by atoms with Crippen molar-refractivity contribution in [2.24, 2.45) is 0 Å². The van der Waals surface area contributed by atoms with Gasteiger partial charge in [-0.3, -0.25) is 4.74 Å². The molecule has 0 saturated heterocycles. The Bertz CT molecular complexity index is 550. The molecule has 0 aliphatic rings. The zero-order valence-corrected chi connectivity index (χ0v) is 26.6. The highest BCUT2D eigenvalue weighted by molar-refractivity contribution is 7.99. The SMILES string of the molecule is CCCCCCCCCCCSC(CCCCCCC)C(C)OOC(OCCC)([PH+]=O)C(=O)OC(C)C. The lowest BCUT2D eigenvalue weighted by atomic mass is 10.1. The minimum absolute atomic E-state index is 0.217. The Hall–Kier alpha value is -0.200. The second kappa shape index (κ2) is 24.8. The van der Waals surface area contributed by atoms with E-state index in [9.17, 15) is 9.36 Å². The maximum Gasteiger partial charge on any atom is 0.497 e. The molecule has 0 N–H and O–H groups in total. The molecule has 4 atom stereocenters. The van der Waals surface area contributed by atoms with Crippen molar-refractivity contribution in [3.8, 4) is 0 Å². The van der Waals surface area contributed by atoms with Crippen LogP contribution in [0.5, 0.6) is 0 Å². The number of rotatable bonds is 27. The minimum atomic E-state index is -2.04. The number of esters is 1. The summed E-state index contributed by atoms with van der Waals surface area (Å²) in [4.78, 5) is 23.9. The van der Waals surface area contributed by atoms with Gasteiger partial charge in [-0.1, -0.05) is 109 Å². The number of carbonyl (C=O) groups excluding carboxylic acids is 1. The van der Waals surface area contributed by atoms with Gasteiger partial charge in [0.1, 0.15) is 6.10 Å². The number of hydrogen-bond donors (Lipinski definition) is 0. The van der Waals surface area contributed by atoms with Crippen LogP contribution in [0.3, 0.4) is 0 Å². The lowest BCUT2D eigenvalue weighted by Crippen LogP contribution is -2.43. The molecular formula is C29H58O6PS+. The van der Waals surface area contributed by atoms with Crippen molar-refractivity contribution >= 4 is 26.2 Å². The van der Waals surface area contributed by atoms with Crippen LogP contribution in [0.15, 0.2) is 0 Å². The molecule has 0 bridgehead atoms. The fraction of sp³-hybridized carbons (Fsp3) is 0.966. The summed E-state index contributed by atoms with van der Waals surface area (Å²) in [6.07, 6.45) is 19.0. The van der Waals surface area contributed by atoms with E-state index in [1.54, 1.807) is 13.8 Å². The first-order valence-corrected chi connectivity index (χ1v) is 17.0. The Morgan fingerprint density at radius 3 is 1.84 bits per heavy atom. The van der Waals surface area contributed by atoms with Gasteiger partial charge in [0, 0.05) is 5.25 Å². The van der Waals surface area contributed by atoms with E-state index in [0.717, 1.165) is 18.6 Å². The lowest BCUT2D eigenvalue weighted by Gasteiger charge is -2.26. The van der Waals surface area contributed by atoms with E-state index in [4.69, 9.17) is 19.2 Å². The summed E-state index contributed by atoms with van der Waals surface area (Å²) < 4.78 is 23.0. The Morgan fingerprint density at radius 2 is 1.32 bits per heavy atom. The molecule has 0 saturated carbocycles. The summed E-state index contributed by atoms with van der Waals surface area (Å²) in [6.45, 7) is 12.0. The fourth-order valence-electron chi connectivity index (χ4n) is 4.00. The van der Waals surface area contributed by atoms with Gasteiger partial charge >= 0.3 is 20.0 Å². The van der Waals surface area contributed by atoms with Crippen LogP contribution < -0.4 is 0 Å². The molecule has 0 rings (SSSR count). The van der Waals surface area contributed by atoms with Crippen LogP contribution in [0.1, 0.15) is 144 Å². The molecule has 0 fully saturated rings. The van der Waals surface area contributed by atoms with Crippen LogP contribution in [0.2, 0.25) is 0 Å². The molecule has 220 valence electrons. The van der Waals surface area contributed by atoms with Gasteiger partial charge < -0.3 is 4.74 Å². The highest BCUT2D eigenvalue weighted by Crippen LogP contribution is 2.32. The first-order chi connectivity index (χ1) is 17.9. The van der Waals surface area contributed by atoms with Gasteiger partial charge in [-0.2, -0.15) is 11.8 Å². The zero-order chi connectivity index (χ0) is 27.8. The van der Waals surface area contributed by atoms with E-state index >= 15 is 0 Å². The van der Waals surface area contributed by atoms with Crippen LogP contribution in [0.25, 0.3) is 0 Å². The van der Waals surface area contributed by atoms with Gasteiger partial charge in [0.2, 0.25) is 0 Å². The number of unbranched alkanes of at least 4 members (excludes halogenated alkanes) is 12. The lowest BCUT2D eigenvalue weighted by molar-refractivity contribution is -0.403. The number of carbonyl (C=O) groups is 1. The third-order valence-electron chi connectivity index (χ3n) is 6.27. The molecule has 0 radical (unpaired) electrons. The molecule has 0 aromatic heterocycles. The Kier molecular flexibility index (Phi) is 24.7. The van der Waals surface area contributed by atoms with Crippen molar-refractivity contribution in [2.45, 2.75) is 167 Å². The van der Waals surface area contributed by atoms with E-state index in [1.807, 2.05) is 25.6 Å². The average Bonchev–Trinajstić information content (AvgIpc) is 2.88. The molecule has 0 aromatic rings. The summed E-state index contributed by atoms with van der Waals surface area (Å²) in [5.41, 5.74) is -2.04.